The Hall–Kier alpha value is -1.10. The van der Waals surface area contributed by atoms with E-state index in [2.05, 4.69) is 5.32 Å². The molecule has 0 aromatic rings. The SMILES string of the molecule is O=C1CN(CC(=O)N2CCCC2)CCN1. The average molecular weight is 211 g/mol. The van der Waals surface area contributed by atoms with Gasteiger partial charge in [-0.3, -0.25) is 14.5 Å². The molecule has 2 rings (SSSR count). The summed E-state index contributed by atoms with van der Waals surface area (Å²) in [6, 6.07) is 0. The summed E-state index contributed by atoms with van der Waals surface area (Å²) in [6.45, 7) is 3.97. The van der Waals surface area contributed by atoms with Gasteiger partial charge in [-0.2, -0.15) is 0 Å². The van der Waals surface area contributed by atoms with Crippen molar-refractivity contribution in [3.8, 4) is 0 Å². The number of nitrogens with one attached hydrogen (secondary N) is 1. The van der Waals surface area contributed by atoms with Crippen molar-refractivity contribution >= 4 is 11.8 Å². The standard InChI is InChI=1S/C10H17N3O2/c14-9-7-12(6-3-11-9)8-10(15)13-4-1-2-5-13/h1-8H2,(H,11,14). The van der Waals surface area contributed by atoms with Crippen molar-refractivity contribution in [3.63, 3.8) is 0 Å². The Morgan fingerprint density at radius 3 is 2.67 bits per heavy atom. The summed E-state index contributed by atoms with van der Waals surface area (Å²) < 4.78 is 0. The predicted molar refractivity (Wildman–Crippen MR) is 55.3 cm³/mol. The zero-order valence-electron chi connectivity index (χ0n) is 8.87. The van der Waals surface area contributed by atoms with Gasteiger partial charge in [0.1, 0.15) is 0 Å². The fourth-order valence-corrected chi connectivity index (χ4v) is 2.08. The third-order valence-corrected chi connectivity index (χ3v) is 2.94. The molecule has 2 saturated heterocycles. The minimum absolute atomic E-state index is 0.0236. The van der Waals surface area contributed by atoms with Crippen LogP contribution in [0, 0.1) is 0 Å². The third-order valence-electron chi connectivity index (χ3n) is 2.94. The van der Waals surface area contributed by atoms with E-state index in [1.54, 1.807) is 0 Å². The Labute approximate surface area is 89.4 Å². The molecule has 0 aromatic carbocycles. The first kappa shape index (κ1) is 10.4. The van der Waals surface area contributed by atoms with Crippen molar-refractivity contribution in [3.05, 3.63) is 0 Å². The predicted octanol–water partition coefficient (Wildman–Crippen LogP) is -0.959. The van der Waals surface area contributed by atoms with E-state index in [9.17, 15) is 9.59 Å². The van der Waals surface area contributed by atoms with Crippen LogP contribution in [0.25, 0.3) is 0 Å². The highest BCUT2D eigenvalue weighted by atomic mass is 16.2. The number of carbonyl (C=O) groups excluding carboxylic acids is 2. The van der Waals surface area contributed by atoms with Crippen LogP contribution in [0.5, 0.6) is 0 Å². The van der Waals surface area contributed by atoms with Crippen LogP contribution in [0.1, 0.15) is 12.8 Å². The van der Waals surface area contributed by atoms with Crippen molar-refractivity contribution in [2.45, 2.75) is 12.8 Å². The van der Waals surface area contributed by atoms with E-state index >= 15 is 0 Å². The molecule has 5 nitrogen and oxygen atoms in total. The smallest absolute Gasteiger partial charge is 0.236 e. The Balaban J connectivity index is 1.79. The van der Waals surface area contributed by atoms with E-state index < -0.39 is 0 Å². The molecule has 0 spiro atoms. The normalized spacial score (nSPS) is 22.9. The largest absolute Gasteiger partial charge is 0.354 e. The summed E-state index contributed by atoms with van der Waals surface area (Å²) in [5.41, 5.74) is 0. The van der Waals surface area contributed by atoms with Gasteiger partial charge < -0.3 is 10.2 Å². The summed E-state index contributed by atoms with van der Waals surface area (Å²) in [5, 5.41) is 2.75. The number of hydrogen-bond acceptors (Lipinski definition) is 3. The monoisotopic (exact) mass is 211 g/mol. The highest BCUT2D eigenvalue weighted by Gasteiger charge is 2.23. The minimum Gasteiger partial charge on any atom is -0.354 e. The number of nitrogens with zero attached hydrogens (tertiary/aromatic N) is 2. The second kappa shape index (κ2) is 4.61. The van der Waals surface area contributed by atoms with Gasteiger partial charge >= 0.3 is 0 Å². The molecule has 0 aromatic heterocycles. The lowest BCUT2D eigenvalue weighted by molar-refractivity contribution is -0.133. The average Bonchev–Trinajstić information content (AvgIpc) is 2.70. The first-order chi connectivity index (χ1) is 7.25. The summed E-state index contributed by atoms with van der Waals surface area (Å²) in [5.74, 6) is 0.192. The van der Waals surface area contributed by atoms with Crippen molar-refractivity contribution < 1.29 is 9.59 Å². The molecule has 5 heteroatoms. The Kier molecular flexibility index (Phi) is 3.20. The van der Waals surface area contributed by atoms with Crippen LogP contribution in [0.3, 0.4) is 0 Å². The molecule has 0 radical (unpaired) electrons. The maximum absolute atomic E-state index is 11.8. The van der Waals surface area contributed by atoms with Crippen LogP contribution in [0.2, 0.25) is 0 Å². The van der Waals surface area contributed by atoms with Crippen LogP contribution >= 0.6 is 0 Å². The lowest BCUT2D eigenvalue weighted by atomic mass is 10.3. The lowest BCUT2D eigenvalue weighted by Crippen LogP contribution is -2.50. The Morgan fingerprint density at radius 2 is 2.00 bits per heavy atom. The quantitative estimate of drug-likeness (QED) is 0.640. The first-order valence-corrected chi connectivity index (χ1v) is 5.52. The molecule has 0 aliphatic carbocycles. The first-order valence-electron chi connectivity index (χ1n) is 5.52. The van der Waals surface area contributed by atoms with Gasteiger partial charge in [-0.05, 0) is 12.8 Å². The number of hydrogen-bond donors (Lipinski definition) is 1. The number of amides is 2. The van der Waals surface area contributed by atoms with Crippen LogP contribution in [-0.2, 0) is 9.59 Å². The molecule has 2 heterocycles. The summed E-state index contributed by atoms with van der Waals surface area (Å²) in [7, 11) is 0. The van der Waals surface area contributed by atoms with E-state index in [1.165, 1.54) is 0 Å². The fraction of sp³-hybridized carbons (Fsp3) is 0.800. The molecule has 2 aliphatic heterocycles. The second-order valence-corrected chi connectivity index (χ2v) is 4.15. The maximum atomic E-state index is 11.8. The van der Waals surface area contributed by atoms with Crippen molar-refractivity contribution in [2.75, 3.05) is 39.3 Å². The van der Waals surface area contributed by atoms with Crippen LogP contribution < -0.4 is 5.32 Å². The second-order valence-electron chi connectivity index (χ2n) is 4.15. The molecule has 2 amide bonds. The number of likely N-dealkylation sites (tertiary alicyclic amines) is 1. The van der Waals surface area contributed by atoms with Gasteiger partial charge in [-0.25, -0.2) is 0 Å². The summed E-state index contributed by atoms with van der Waals surface area (Å²) in [4.78, 5) is 26.7. The maximum Gasteiger partial charge on any atom is 0.236 e. The number of piperazine rings is 1. The van der Waals surface area contributed by atoms with E-state index in [4.69, 9.17) is 0 Å². The molecule has 2 fully saturated rings. The van der Waals surface area contributed by atoms with E-state index in [-0.39, 0.29) is 11.8 Å². The van der Waals surface area contributed by atoms with Crippen LogP contribution in [-0.4, -0.2) is 60.9 Å². The molecule has 84 valence electrons. The van der Waals surface area contributed by atoms with Crippen molar-refractivity contribution in [1.29, 1.82) is 0 Å². The Morgan fingerprint density at radius 1 is 1.27 bits per heavy atom. The van der Waals surface area contributed by atoms with Crippen LogP contribution in [0.15, 0.2) is 0 Å². The highest BCUT2D eigenvalue weighted by molar-refractivity contribution is 5.82. The molecule has 0 saturated carbocycles. The van der Waals surface area contributed by atoms with Crippen molar-refractivity contribution in [1.82, 2.24) is 15.1 Å². The Bertz CT molecular complexity index is 261. The molecular formula is C10H17N3O2. The molecule has 2 aliphatic rings. The zero-order valence-corrected chi connectivity index (χ0v) is 8.87. The molecule has 15 heavy (non-hydrogen) atoms. The van der Waals surface area contributed by atoms with Gasteiger partial charge in [0.2, 0.25) is 11.8 Å². The van der Waals surface area contributed by atoms with Gasteiger partial charge in [-0.1, -0.05) is 0 Å². The van der Waals surface area contributed by atoms with Gasteiger partial charge in [0.25, 0.3) is 0 Å². The van der Waals surface area contributed by atoms with Crippen LogP contribution in [0.4, 0.5) is 0 Å². The minimum atomic E-state index is 0.0236. The number of carbonyl (C=O) groups is 2. The molecule has 0 atom stereocenters. The summed E-state index contributed by atoms with van der Waals surface area (Å²) >= 11 is 0. The molecule has 0 bridgehead atoms. The highest BCUT2D eigenvalue weighted by Crippen LogP contribution is 2.08. The van der Waals surface area contributed by atoms with E-state index in [0.29, 0.717) is 19.6 Å². The van der Waals surface area contributed by atoms with Gasteiger partial charge in [0.05, 0.1) is 13.1 Å². The van der Waals surface area contributed by atoms with Gasteiger partial charge in [-0.15, -0.1) is 0 Å². The molecule has 1 N–H and O–H groups in total. The van der Waals surface area contributed by atoms with Gasteiger partial charge in [0, 0.05) is 26.2 Å². The number of rotatable bonds is 2. The lowest BCUT2D eigenvalue weighted by Gasteiger charge is -2.27. The van der Waals surface area contributed by atoms with E-state index in [0.717, 1.165) is 32.5 Å². The zero-order chi connectivity index (χ0) is 10.7. The van der Waals surface area contributed by atoms with Gasteiger partial charge in [0.15, 0.2) is 0 Å². The molecular weight excluding hydrogens is 194 g/mol. The third kappa shape index (κ3) is 2.68. The fourth-order valence-electron chi connectivity index (χ4n) is 2.08. The molecule has 0 unspecified atom stereocenters. The van der Waals surface area contributed by atoms with E-state index in [1.807, 2.05) is 9.80 Å². The summed E-state index contributed by atoms with van der Waals surface area (Å²) in [6.07, 6.45) is 2.23. The van der Waals surface area contributed by atoms with Crippen molar-refractivity contribution in [2.24, 2.45) is 0 Å². The topological polar surface area (TPSA) is 52.7 Å².